The first-order valence-corrected chi connectivity index (χ1v) is 9.34. The smallest absolute Gasteiger partial charge is 0.230 e. The molecule has 0 radical (unpaired) electrons. The zero-order valence-corrected chi connectivity index (χ0v) is 15.3. The molecule has 1 unspecified atom stereocenters. The number of nitrogens with zero attached hydrogens (tertiary/aromatic N) is 1. The fourth-order valence-electron chi connectivity index (χ4n) is 3.81. The summed E-state index contributed by atoms with van der Waals surface area (Å²) < 4.78 is 6.12. The van der Waals surface area contributed by atoms with Crippen LogP contribution < -0.4 is 10.1 Å². The van der Waals surface area contributed by atoms with E-state index in [2.05, 4.69) is 11.4 Å². The van der Waals surface area contributed by atoms with Crippen LogP contribution in [0.2, 0.25) is 0 Å². The minimum absolute atomic E-state index is 0.0819. The second-order valence-corrected chi connectivity index (χ2v) is 7.23. The van der Waals surface area contributed by atoms with Crippen LogP contribution in [0.25, 0.3) is 0 Å². The van der Waals surface area contributed by atoms with E-state index in [0.29, 0.717) is 32.0 Å². The molecule has 0 aromatic heterocycles. The number of rotatable bonds is 6. The van der Waals surface area contributed by atoms with Gasteiger partial charge in [0, 0.05) is 24.4 Å². The van der Waals surface area contributed by atoms with Gasteiger partial charge in [0.05, 0.1) is 13.2 Å². The minimum atomic E-state index is -0.0819. The third-order valence-electron chi connectivity index (χ3n) is 5.10. The summed E-state index contributed by atoms with van der Waals surface area (Å²) >= 11 is 0. The van der Waals surface area contributed by atoms with Gasteiger partial charge in [0.15, 0.2) is 0 Å². The summed E-state index contributed by atoms with van der Waals surface area (Å²) in [6, 6.07) is 4.65. The molecule has 2 aliphatic heterocycles. The number of nitrogens with one attached hydrogen (secondary N) is 1. The average molecular weight is 344 g/mol. The van der Waals surface area contributed by atoms with Gasteiger partial charge in [-0.1, -0.05) is 24.1 Å². The van der Waals surface area contributed by atoms with E-state index in [1.165, 1.54) is 24.2 Å². The van der Waals surface area contributed by atoms with Gasteiger partial charge >= 0.3 is 0 Å². The zero-order valence-electron chi connectivity index (χ0n) is 15.3. The van der Waals surface area contributed by atoms with Crippen molar-refractivity contribution in [1.82, 2.24) is 10.2 Å². The highest BCUT2D eigenvalue weighted by molar-refractivity contribution is 6.01. The topological polar surface area (TPSA) is 58.6 Å². The highest BCUT2D eigenvalue weighted by atomic mass is 16.5. The fourth-order valence-corrected chi connectivity index (χ4v) is 3.81. The van der Waals surface area contributed by atoms with E-state index in [0.717, 1.165) is 35.4 Å². The normalized spacial score (nSPS) is 21.0. The van der Waals surface area contributed by atoms with Crippen LogP contribution in [0, 0.1) is 13.8 Å². The summed E-state index contributed by atoms with van der Waals surface area (Å²) in [4.78, 5) is 25.3. The second-order valence-electron chi connectivity index (χ2n) is 7.23. The lowest BCUT2D eigenvalue weighted by molar-refractivity contribution is -0.139. The molecule has 0 bridgehead atoms. The SMILES string of the molecule is Cc1cc(C)c(OCCC2CCCCN2)c(CN2C(=O)CCC2=O)c1. The van der Waals surface area contributed by atoms with E-state index < -0.39 is 0 Å². The Hall–Kier alpha value is -1.88. The van der Waals surface area contributed by atoms with Crippen molar-refractivity contribution >= 4 is 11.8 Å². The average Bonchev–Trinajstić information content (AvgIpc) is 2.90. The predicted octanol–water partition coefficient (Wildman–Crippen LogP) is 2.86. The van der Waals surface area contributed by atoms with Crippen LogP contribution in [0.15, 0.2) is 12.1 Å². The Morgan fingerprint density at radius 1 is 1.16 bits per heavy atom. The Bertz CT molecular complexity index is 635. The van der Waals surface area contributed by atoms with E-state index in [-0.39, 0.29) is 11.8 Å². The van der Waals surface area contributed by atoms with E-state index in [1.807, 2.05) is 19.9 Å². The summed E-state index contributed by atoms with van der Waals surface area (Å²) in [7, 11) is 0. The van der Waals surface area contributed by atoms with Gasteiger partial charge in [-0.2, -0.15) is 0 Å². The monoisotopic (exact) mass is 344 g/mol. The lowest BCUT2D eigenvalue weighted by Gasteiger charge is -2.24. The quantitative estimate of drug-likeness (QED) is 0.806. The molecule has 5 nitrogen and oxygen atoms in total. The van der Waals surface area contributed by atoms with Gasteiger partial charge in [-0.15, -0.1) is 0 Å². The number of hydrogen-bond acceptors (Lipinski definition) is 4. The molecule has 0 spiro atoms. The molecule has 2 saturated heterocycles. The molecule has 1 atom stereocenters. The number of piperidine rings is 1. The molecule has 5 heteroatoms. The molecule has 2 aliphatic rings. The summed E-state index contributed by atoms with van der Waals surface area (Å²) in [5.41, 5.74) is 3.11. The van der Waals surface area contributed by atoms with Crippen LogP contribution in [-0.2, 0) is 16.1 Å². The molecule has 2 fully saturated rings. The summed E-state index contributed by atoms with van der Waals surface area (Å²) in [5, 5.41) is 3.54. The van der Waals surface area contributed by atoms with Gasteiger partial charge in [-0.25, -0.2) is 0 Å². The second kappa shape index (κ2) is 8.00. The van der Waals surface area contributed by atoms with Crippen molar-refractivity contribution < 1.29 is 14.3 Å². The maximum absolute atomic E-state index is 11.9. The number of aryl methyl sites for hydroxylation is 2. The molecule has 136 valence electrons. The Kier molecular flexibility index (Phi) is 5.74. The zero-order chi connectivity index (χ0) is 17.8. The Morgan fingerprint density at radius 3 is 2.60 bits per heavy atom. The van der Waals surface area contributed by atoms with E-state index in [4.69, 9.17) is 4.74 Å². The number of ether oxygens (including phenoxy) is 1. The van der Waals surface area contributed by atoms with Crippen LogP contribution in [0.4, 0.5) is 0 Å². The fraction of sp³-hybridized carbons (Fsp3) is 0.600. The van der Waals surface area contributed by atoms with E-state index >= 15 is 0 Å². The van der Waals surface area contributed by atoms with Gasteiger partial charge in [0.2, 0.25) is 11.8 Å². The number of imide groups is 1. The van der Waals surface area contributed by atoms with Gasteiger partial charge in [0.25, 0.3) is 0 Å². The predicted molar refractivity (Wildman–Crippen MR) is 96.5 cm³/mol. The van der Waals surface area contributed by atoms with Crippen LogP contribution in [0.5, 0.6) is 5.75 Å². The number of benzene rings is 1. The van der Waals surface area contributed by atoms with Crippen molar-refractivity contribution in [1.29, 1.82) is 0 Å². The third kappa shape index (κ3) is 4.40. The first-order valence-electron chi connectivity index (χ1n) is 9.34. The molecular formula is C20H28N2O3. The number of carbonyl (C=O) groups is 2. The van der Waals surface area contributed by atoms with Crippen molar-refractivity contribution in [2.45, 2.75) is 65.0 Å². The summed E-state index contributed by atoms with van der Waals surface area (Å²) in [6.45, 7) is 6.12. The highest BCUT2D eigenvalue weighted by Crippen LogP contribution is 2.29. The van der Waals surface area contributed by atoms with Crippen molar-refractivity contribution in [2.75, 3.05) is 13.2 Å². The maximum Gasteiger partial charge on any atom is 0.230 e. The molecule has 25 heavy (non-hydrogen) atoms. The Labute approximate surface area is 149 Å². The van der Waals surface area contributed by atoms with Crippen molar-refractivity contribution in [3.8, 4) is 5.75 Å². The minimum Gasteiger partial charge on any atom is -0.493 e. The molecule has 1 aromatic rings. The molecule has 0 saturated carbocycles. The molecule has 1 N–H and O–H groups in total. The lowest BCUT2D eigenvalue weighted by atomic mass is 10.0. The molecule has 2 heterocycles. The molecular weight excluding hydrogens is 316 g/mol. The van der Waals surface area contributed by atoms with Gasteiger partial charge in [-0.3, -0.25) is 14.5 Å². The molecule has 1 aromatic carbocycles. The van der Waals surface area contributed by atoms with E-state index in [9.17, 15) is 9.59 Å². The van der Waals surface area contributed by atoms with Crippen molar-refractivity contribution in [3.05, 3.63) is 28.8 Å². The number of likely N-dealkylation sites (tertiary alicyclic amines) is 1. The number of amides is 2. The molecule has 0 aliphatic carbocycles. The Morgan fingerprint density at radius 2 is 1.92 bits per heavy atom. The third-order valence-corrected chi connectivity index (χ3v) is 5.10. The summed E-state index contributed by atoms with van der Waals surface area (Å²) in [5.74, 6) is 0.664. The summed E-state index contributed by atoms with van der Waals surface area (Å²) in [6.07, 6.45) is 5.39. The number of carbonyl (C=O) groups excluding carboxylic acids is 2. The van der Waals surface area contributed by atoms with Crippen molar-refractivity contribution in [2.24, 2.45) is 0 Å². The first kappa shape index (κ1) is 17.9. The van der Waals surface area contributed by atoms with Gasteiger partial charge < -0.3 is 10.1 Å². The Balaban J connectivity index is 1.69. The van der Waals surface area contributed by atoms with Crippen LogP contribution in [0.1, 0.15) is 55.2 Å². The first-order chi connectivity index (χ1) is 12.0. The van der Waals surface area contributed by atoms with Gasteiger partial charge in [-0.05, 0) is 45.2 Å². The van der Waals surface area contributed by atoms with Crippen LogP contribution >= 0.6 is 0 Å². The lowest BCUT2D eigenvalue weighted by Crippen LogP contribution is -2.35. The highest BCUT2D eigenvalue weighted by Gasteiger charge is 2.29. The largest absolute Gasteiger partial charge is 0.493 e. The molecule has 2 amide bonds. The standard InChI is InChI=1S/C20H28N2O3/c1-14-11-15(2)20(25-10-8-17-5-3-4-9-21-17)16(12-14)13-22-18(23)6-7-19(22)24/h11-12,17,21H,3-10,13H2,1-2H3. The maximum atomic E-state index is 11.9. The van der Waals surface area contributed by atoms with E-state index in [1.54, 1.807) is 0 Å². The molecule has 3 rings (SSSR count). The van der Waals surface area contributed by atoms with Crippen molar-refractivity contribution in [3.63, 3.8) is 0 Å². The van der Waals surface area contributed by atoms with Crippen LogP contribution in [-0.4, -0.2) is 35.9 Å². The van der Waals surface area contributed by atoms with Gasteiger partial charge in [0.1, 0.15) is 5.75 Å². The van der Waals surface area contributed by atoms with Crippen LogP contribution in [0.3, 0.4) is 0 Å². The number of hydrogen-bond donors (Lipinski definition) is 1.